The minimum absolute atomic E-state index is 0.170. The van der Waals surface area contributed by atoms with E-state index in [4.69, 9.17) is 10.5 Å². The third-order valence-corrected chi connectivity index (χ3v) is 3.27. The highest BCUT2D eigenvalue weighted by molar-refractivity contribution is 14.1. The van der Waals surface area contributed by atoms with Crippen molar-refractivity contribution in [3.63, 3.8) is 0 Å². The molecule has 0 bridgehead atoms. The lowest BCUT2D eigenvalue weighted by molar-refractivity contribution is 0.408. The van der Waals surface area contributed by atoms with Crippen molar-refractivity contribution in [2.45, 2.75) is 26.3 Å². The molecule has 78 valence electrons. The van der Waals surface area contributed by atoms with Crippen molar-refractivity contribution in [1.82, 2.24) is 0 Å². The first-order valence-electron chi connectivity index (χ1n) is 4.63. The van der Waals surface area contributed by atoms with Gasteiger partial charge in [0.25, 0.3) is 0 Å². The summed E-state index contributed by atoms with van der Waals surface area (Å²) in [7, 11) is 1.70. The van der Waals surface area contributed by atoms with Crippen LogP contribution >= 0.6 is 22.6 Å². The zero-order chi connectivity index (χ0) is 10.7. The molecule has 1 aromatic carbocycles. The number of nitrogens with two attached hydrogens (primary N) is 1. The molecule has 0 aliphatic rings. The van der Waals surface area contributed by atoms with Gasteiger partial charge in [-0.15, -0.1) is 0 Å². The monoisotopic (exact) mass is 305 g/mol. The van der Waals surface area contributed by atoms with E-state index in [2.05, 4.69) is 41.6 Å². The highest BCUT2D eigenvalue weighted by Crippen LogP contribution is 2.25. The van der Waals surface area contributed by atoms with Crippen LogP contribution < -0.4 is 10.5 Å². The van der Waals surface area contributed by atoms with Crippen molar-refractivity contribution in [1.29, 1.82) is 0 Å². The normalized spacial score (nSPS) is 12.6. The molecule has 3 heteroatoms. The molecule has 1 atom stereocenters. The van der Waals surface area contributed by atoms with Crippen molar-refractivity contribution in [3.05, 3.63) is 26.8 Å². The van der Waals surface area contributed by atoms with E-state index in [0.717, 1.165) is 12.2 Å². The van der Waals surface area contributed by atoms with Crippen molar-refractivity contribution >= 4 is 22.6 Å². The standard InChI is InChI=1S/C11H16INO/c1-7-4-9(5-8(2)13)11(14-3)6-10(7)12/h4,6,8H,5,13H2,1-3H3. The Morgan fingerprint density at radius 2 is 2.14 bits per heavy atom. The molecule has 0 heterocycles. The quantitative estimate of drug-likeness (QED) is 0.871. The summed E-state index contributed by atoms with van der Waals surface area (Å²) in [6.45, 7) is 4.11. The van der Waals surface area contributed by atoms with Crippen molar-refractivity contribution in [2.24, 2.45) is 5.73 Å². The van der Waals surface area contributed by atoms with E-state index in [1.165, 1.54) is 14.7 Å². The average Bonchev–Trinajstić information content (AvgIpc) is 2.10. The van der Waals surface area contributed by atoms with Gasteiger partial charge >= 0.3 is 0 Å². The first-order valence-corrected chi connectivity index (χ1v) is 5.71. The summed E-state index contributed by atoms with van der Waals surface area (Å²) < 4.78 is 6.55. The molecule has 14 heavy (non-hydrogen) atoms. The van der Waals surface area contributed by atoms with Crippen LogP contribution in [0.15, 0.2) is 12.1 Å². The highest BCUT2D eigenvalue weighted by Gasteiger charge is 2.08. The van der Waals surface area contributed by atoms with E-state index in [1.807, 2.05) is 6.92 Å². The van der Waals surface area contributed by atoms with Crippen LogP contribution in [-0.2, 0) is 6.42 Å². The van der Waals surface area contributed by atoms with Gasteiger partial charge in [-0.1, -0.05) is 6.07 Å². The van der Waals surface area contributed by atoms with Crippen LogP contribution in [0.5, 0.6) is 5.75 Å². The molecule has 0 fully saturated rings. The zero-order valence-corrected chi connectivity index (χ0v) is 11.0. The highest BCUT2D eigenvalue weighted by atomic mass is 127. The smallest absolute Gasteiger partial charge is 0.123 e. The van der Waals surface area contributed by atoms with Crippen LogP contribution in [0.2, 0.25) is 0 Å². The van der Waals surface area contributed by atoms with Gasteiger partial charge in [-0.2, -0.15) is 0 Å². The maximum absolute atomic E-state index is 5.78. The number of hydrogen-bond donors (Lipinski definition) is 1. The van der Waals surface area contributed by atoms with Crippen LogP contribution in [-0.4, -0.2) is 13.2 Å². The van der Waals surface area contributed by atoms with Gasteiger partial charge in [0.2, 0.25) is 0 Å². The van der Waals surface area contributed by atoms with Crippen molar-refractivity contribution in [3.8, 4) is 5.75 Å². The molecule has 1 unspecified atom stereocenters. The molecule has 0 spiro atoms. The second kappa shape index (κ2) is 4.98. The van der Waals surface area contributed by atoms with Crippen LogP contribution in [0.3, 0.4) is 0 Å². The van der Waals surface area contributed by atoms with E-state index in [9.17, 15) is 0 Å². The fourth-order valence-electron chi connectivity index (χ4n) is 1.42. The Labute approximate surface area is 99.0 Å². The fourth-order valence-corrected chi connectivity index (χ4v) is 1.86. The third kappa shape index (κ3) is 2.85. The first kappa shape index (κ1) is 11.8. The summed E-state index contributed by atoms with van der Waals surface area (Å²) in [6.07, 6.45) is 0.862. The zero-order valence-electron chi connectivity index (χ0n) is 8.80. The van der Waals surface area contributed by atoms with Gasteiger partial charge in [0.15, 0.2) is 0 Å². The summed E-state index contributed by atoms with van der Waals surface area (Å²) in [5.74, 6) is 0.942. The molecule has 0 aliphatic carbocycles. The lowest BCUT2D eigenvalue weighted by Gasteiger charge is -2.12. The Bertz CT molecular complexity index is 323. The van der Waals surface area contributed by atoms with E-state index < -0.39 is 0 Å². The van der Waals surface area contributed by atoms with Gasteiger partial charge < -0.3 is 10.5 Å². The molecule has 0 aromatic heterocycles. The molecule has 0 saturated carbocycles. The molecule has 1 rings (SSSR count). The minimum Gasteiger partial charge on any atom is -0.496 e. The van der Waals surface area contributed by atoms with E-state index in [0.29, 0.717) is 0 Å². The van der Waals surface area contributed by atoms with Crippen molar-refractivity contribution < 1.29 is 4.74 Å². The Hall–Kier alpha value is -0.290. The van der Waals surface area contributed by atoms with Crippen molar-refractivity contribution in [2.75, 3.05) is 7.11 Å². The fraction of sp³-hybridized carbons (Fsp3) is 0.455. The van der Waals surface area contributed by atoms with Gasteiger partial charge in [0.1, 0.15) is 5.75 Å². The molecule has 0 radical (unpaired) electrons. The third-order valence-electron chi connectivity index (χ3n) is 2.10. The molecule has 2 nitrogen and oxygen atoms in total. The number of aryl methyl sites for hydroxylation is 1. The lowest BCUT2D eigenvalue weighted by atomic mass is 10.0. The number of hydrogen-bond acceptors (Lipinski definition) is 2. The van der Waals surface area contributed by atoms with E-state index in [-0.39, 0.29) is 6.04 Å². The number of benzene rings is 1. The minimum atomic E-state index is 0.170. The summed E-state index contributed by atoms with van der Waals surface area (Å²) >= 11 is 2.31. The first-order chi connectivity index (χ1) is 6.54. The second-order valence-electron chi connectivity index (χ2n) is 3.59. The number of rotatable bonds is 3. The van der Waals surface area contributed by atoms with Crippen LogP contribution in [0.4, 0.5) is 0 Å². The topological polar surface area (TPSA) is 35.2 Å². The average molecular weight is 305 g/mol. The largest absolute Gasteiger partial charge is 0.496 e. The van der Waals surface area contributed by atoms with E-state index in [1.54, 1.807) is 7.11 Å². The molecular weight excluding hydrogens is 289 g/mol. The summed E-state index contributed by atoms with van der Waals surface area (Å²) in [4.78, 5) is 0. The molecule has 2 N–H and O–H groups in total. The predicted molar refractivity (Wildman–Crippen MR) is 67.8 cm³/mol. The Balaban J connectivity index is 3.07. The summed E-state index contributed by atoms with van der Waals surface area (Å²) in [6, 6.07) is 4.39. The van der Waals surface area contributed by atoms with Gasteiger partial charge in [0, 0.05) is 9.61 Å². The molecule has 0 aliphatic heterocycles. The number of halogens is 1. The molecule has 0 saturated heterocycles. The molecule has 0 amide bonds. The maximum Gasteiger partial charge on any atom is 0.123 e. The number of ether oxygens (including phenoxy) is 1. The maximum atomic E-state index is 5.78. The van der Waals surface area contributed by atoms with Crippen LogP contribution in [0, 0.1) is 10.5 Å². The van der Waals surface area contributed by atoms with Crippen LogP contribution in [0.1, 0.15) is 18.1 Å². The summed E-state index contributed by atoms with van der Waals surface area (Å²) in [5, 5.41) is 0. The van der Waals surface area contributed by atoms with Crippen LogP contribution in [0.25, 0.3) is 0 Å². The summed E-state index contributed by atoms with van der Waals surface area (Å²) in [5.41, 5.74) is 8.25. The van der Waals surface area contributed by atoms with Gasteiger partial charge in [-0.25, -0.2) is 0 Å². The second-order valence-corrected chi connectivity index (χ2v) is 4.76. The Morgan fingerprint density at radius 3 is 2.64 bits per heavy atom. The van der Waals surface area contributed by atoms with Gasteiger partial charge in [0.05, 0.1) is 7.11 Å². The van der Waals surface area contributed by atoms with E-state index >= 15 is 0 Å². The lowest BCUT2D eigenvalue weighted by Crippen LogP contribution is -2.18. The number of methoxy groups -OCH3 is 1. The predicted octanol–water partition coefficient (Wildman–Crippen LogP) is 2.50. The Kier molecular flexibility index (Phi) is 4.19. The SMILES string of the molecule is COc1cc(I)c(C)cc1CC(C)N. The van der Waals surface area contributed by atoms with Gasteiger partial charge in [-0.05, 0) is 60.1 Å². The molecule has 1 aromatic rings. The molecular formula is C11H16INO. The Morgan fingerprint density at radius 1 is 1.50 bits per heavy atom. The van der Waals surface area contributed by atoms with Gasteiger partial charge in [-0.3, -0.25) is 0 Å².